The van der Waals surface area contributed by atoms with Crippen molar-refractivity contribution in [2.75, 3.05) is 38.6 Å². The second kappa shape index (κ2) is 11.3. The molecule has 36 heavy (non-hydrogen) atoms. The first kappa shape index (κ1) is 24.5. The third-order valence-corrected chi connectivity index (χ3v) is 7.36. The van der Waals surface area contributed by atoms with Gasteiger partial charge in [-0.2, -0.15) is 0 Å². The Morgan fingerprint density at radius 2 is 1.78 bits per heavy atom. The van der Waals surface area contributed by atoms with E-state index < -0.39 is 0 Å². The van der Waals surface area contributed by atoms with Gasteiger partial charge in [0.1, 0.15) is 17.1 Å². The lowest BCUT2D eigenvalue weighted by molar-refractivity contribution is 0.0590. The van der Waals surface area contributed by atoms with Crippen LogP contribution in [-0.2, 0) is 0 Å². The van der Waals surface area contributed by atoms with E-state index in [1.54, 1.807) is 25.4 Å². The Morgan fingerprint density at radius 3 is 2.50 bits per heavy atom. The van der Waals surface area contributed by atoms with Crippen LogP contribution < -0.4 is 10.1 Å². The Hall–Kier alpha value is -3.16. The maximum absolute atomic E-state index is 13.7. The summed E-state index contributed by atoms with van der Waals surface area (Å²) >= 11 is 6.06. The second-order valence-electron chi connectivity index (χ2n) is 9.44. The van der Waals surface area contributed by atoms with Gasteiger partial charge < -0.3 is 19.9 Å². The van der Waals surface area contributed by atoms with Crippen LogP contribution in [0.15, 0.2) is 54.7 Å². The van der Waals surface area contributed by atoms with Crippen molar-refractivity contribution < 1.29 is 9.53 Å². The molecule has 2 aliphatic rings. The van der Waals surface area contributed by atoms with Crippen LogP contribution in [0, 0.1) is 0 Å². The summed E-state index contributed by atoms with van der Waals surface area (Å²) in [6.07, 6.45) is 7.56. The maximum atomic E-state index is 13.7. The van der Waals surface area contributed by atoms with Crippen molar-refractivity contribution >= 4 is 29.0 Å². The van der Waals surface area contributed by atoms with Crippen molar-refractivity contribution in [3.05, 3.63) is 65.3 Å². The van der Waals surface area contributed by atoms with Gasteiger partial charge in [-0.25, -0.2) is 9.97 Å². The van der Waals surface area contributed by atoms with Crippen LogP contribution in [0.2, 0.25) is 5.02 Å². The van der Waals surface area contributed by atoms with E-state index in [0.717, 1.165) is 42.9 Å². The van der Waals surface area contributed by atoms with Crippen LogP contribution >= 0.6 is 11.6 Å². The molecular weight excluding hydrogens is 474 g/mol. The number of benzene rings is 2. The van der Waals surface area contributed by atoms with E-state index in [2.05, 4.69) is 15.2 Å². The zero-order valence-electron chi connectivity index (χ0n) is 20.6. The molecule has 1 aromatic heterocycles. The van der Waals surface area contributed by atoms with E-state index in [1.807, 2.05) is 41.3 Å². The first-order valence-electron chi connectivity index (χ1n) is 12.7. The number of carbonyl (C=O) groups is 1. The van der Waals surface area contributed by atoms with Gasteiger partial charge in [-0.05, 0) is 75.2 Å². The summed E-state index contributed by atoms with van der Waals surface area (Å²) in [5, 5.41) is 3.98. The van der Waals surface area contributed by atoms with E-state index in [9.17, 15) is 4.79 Å². The first-order valence-corrected chi connectivity index (χ1v) is 13.1. The van der Waals surface area contributed by atoms with Crippen LogP contribution in [0.25, 0.3) is 11.4 Å². The molecule has 8 heteroatoms. The maximum Gasteiger partial charge on any atom is 0.259 e. The van der Waals surface area contributed by atoms with Gasteiger partial charge in [-0.3, -0.25) is 4.79 Å². The monoisotopic (exact) mass is 505 g/mol. The summed E-state index contributed by atoms with van der Waals surface area (Å²) in [5.74, 6) is 1.68. The van der Waals surface area contributed by atoms with Gasteiger partial charge in [0.2, 0.25) is 0 Å². The smallest absolute Gasteiger partial charge is 0.259 e. The van der Waals surface area contributed by atoms with Crippen LogP contribution in [0.3, 0.4) is 0 Å². The van der Waals surface area contributed by atoms with Crippen molar-refractivity contribution in [3.8, 4) is 17.1 Å². The number of aromatic nitrogens is 2. The average Bonchev–Trinajstić information content (AvgIpc) is 2.94. The Bertz CT molecular complexity index is 1190. The van der Waals surface area contributed by atoms with Gasteiger partial charge in [0.05, 0.1) is 7.11 Å². The van der Waals surface area contributed by atoms with Gasteiger partial charge in [-0.15, -0.1) is 0 Å². The normalized spacial score (nSPS) is 17.1. The number of rotatable bonds is 6. The molecular formula is C28H32ClN5O2. The molecule has 5 rings (SSSR count). The molecule has 0 unspecified atom stereocenters. The van der Waals surface area contributed by atoms with Gasteiger partial charge in [-0.1, -0.05) is 24.1 Å². The zero-order valence-corrected chi connectivity index (χ0v) is 21.4. The molecule has 0 spiro atoms. The summed E-state index contributed by atoms with van der Waals surface area (Å²) < 4.78 is 5.37. The molecule has 2 aliphatic heterocycles. The Morgan fingerprint density at radius 1 is 1.03 bits per heavy atom. The molecule has 2 saturated heterocycles. The second-order valence-corrected chi connectivity index (χ2v) is 9.88. The van der Waals surface area contributed by atoms with E-state index >= 15 is 0 Å². The van der Waals surface area contributed by atoms with E-state index in [4.69, 9.17) is 21.3 Å². The highest BCUT2D eigenvalue weighted by Gasteiger charge is 2.29. The Balaban J connectivity index is 1.39. The molecule has 2 aromatic carbocycles. The lowest BCUT2D eigenvalue weighted by Crippen LogP contribution is -2.48. The summed E-state index contributed by atoms with van der Waals surface area (Å²) in [5.41, 5.74) is 2.08. The highest BCUT2D eigenvalue weighted by Crippen LogP contribution is 2.28. The van der Waals surface area contributed by atoms with E-state index in [1.165, 1.54) is 32.4 Å². The number of halogens is 1. The van der Waals surface area contributed by atoms with E-state index in [-0.39, 0.29) is 5.91 Å². The quantitative estimate of drug-likeness (QED) is 0.467. The number of amides is 1. The fourth-order valence-electron chi connectivity index (χ4n) is 5.10. The third kappa shape index (κ3) is 5.63. The average molecular weight is 506 g/mol. The lowest BCUT2D eigenvalue weighted by Gasteiger charge is -2.40. The Kier molecular flexibility index (Phi) is 7.68. The topological polar surface area (TPSA) is 70.6 Å². The highest BCUT2D eigenvalue weighted by molar-refractivity contribution is 6.30. The molecule has 0 radical (unpaired) electrons. The molecule has 0 bridgehead atoms. The first-order chi connectivity index (χ1) is 17.6. The van der Waals surface area contributed by atoms with Crippen LogP contribution in [0.4, 0.5) is 11.5 Å². The molecule has 1 N–H and O–H groups in total. The van der Waals surface area contributed by atoms with Gasteiger partial charge in [0.25, 0.3) is 5.91 Å². The van der Waals surface area contributed by atoms with Crippen molar-refractivity contribution in [1.29, 1.82) is 0 Å². The molecule has 2 fully saturated rings. The third-order valence-electron chi connectivity index (χ3n) is 7.11. The number of piperidine rings is 2. The summed E-state index contributed by atoms with van der Waals surface area (Å²) in [6.45, 7) is 3.87. The van der Waals surface area contributed by atoms with Crippen molar-refractivity contribution in [2.45, 2.75) is 38.1 Å². The number of hydrogen-bond donors (Lipinski definition) is 1. The molecule has 188 valence electrons. The number of nitrogens with zero attached hydrogens (tertiary/aromatic N) is 4. The number of nitrogens with one attached hydrogen (secondary N) is 1. The number of carbonyl (C=O) groups excluding carboxylic acids is 1. The molecule has 0 atom stereocenters. The van der Waals surface area contributed by atoms with Crippen LogP contribution in [0.1, 0.15) is 42.5 Å². The van der Waals surface area contributed by atoms with Gasteiger partial charge in [0, 0.05) is 47.7 Å². The molecule has 1 amide bonds. The lowest BCUT2D eigenvalue weighted by atomic mass is 9.99. The molecule has 3 aromatic rings. The molecule has 7 nitrogen and oxygen atoms in total. The van der Waals surface area contributed by atoms with Crippen molar-refractivity contribution in [1.82, 2.24) is 19.8 Å². The standard InChI is InChI=1S/C28H32ClN5O2/c1-36-24-7-5-6-22(18-24)31-27-25(19-30-26(32-27)20-8-10-21(29)11-9-20)28(35)34-16-12-23(13-17-34)33-14-3-2-4-15-33/h5-11,18-19,23H,2-4,12-17H2,1H3,(H,30,31,32). The number of anilines is 2. The minimum Gasteiger partial charge on any atom is -0.497 e. The number of hydrogen-bond acceptors (Lipinski definition) is 6. The highest BCUT2D eigenvalue weighted by atomic mass is 35.5. The number of methoxy groups -OCH3 is 1. The number of ether oxygens (including phenoxy) is 1. The summed E-state index contributed by atoms with van der Waals surface area (Å²) in [6, 6.07) is 15.5. The fourth-order valence-corrected chi connectivity index (χ4v) is 5.22. The van der Waals surface area contributed by atoms with Gasteiger partial charge in [0.15, 0.2) is 5.82 Å². The molecule has 0 aliphatic carbocycles. The van der Waals surface area contributed by atoms with Crippen LogP contribution in [-0.4, -0.2) is 65.0 Å². The SMILES string of the molecule is COc1cccc(Nc2nc(-c3ccc(Cl)cc3)ncc2C(=O)N2CCC(N3CCCCC3)CC2)c1. The van der Waals surface area contributed by atoms with E-state index in [0.29, 0.717) is 28.3 Å². The predicted molar refractivity (Wildman–Crippen MR) is 143 cm³/mol. The minimum atomic E-state index is -0.0415. The largest absolute Gasteiger partial charge is 0.497 e. The van der Waals surface area contributed by atoms with Gasteiger partial charge >= 0.3 is 0 Å². The van der Waals surface area contributed by atoms with Crippen molar-refractivity contribution in [2.24, 2.45) is 0 Å². The minimum absolute atomic E-state index is 0.0415. The molecule has 3 heterocycles. The summed E-state index contributed by atoms with van der Waals surface area (Å²) in [7, 11) is 1.63. The zero-order chi connectivity index (χ0) is 24.9. The van der Waals surface area contributed by atoms with Crippen molar-refractivity contribution in [3.63, 3.8) is 0 Å². The summed E-state index contributed by atoms with van der Waals surface area (Å²) in [4.78, 5) is 27.5. The fraction of sp³-hybridized carbons (Fsp3) is 0.393. The Labute approximate surface area is 217 Å². The predicted octanol–water partition coefficient (Wildman–Crippen LogP) is 5.64. The van der Waals surface area contributed by atoms with Crippen LogP contribution in [0.5, 0.6) is 5.75 Å². The number of likely N-dealkylation sites (tertiary alicyclic amines) is 2. The molecule has 0 saturated carbocycles.